The molecule has 11 unspecified atom stereocenters. The Kier molecular flexibility index (Phi) is 15.8. The summed E-state index contributed by atoms with van der Waals surface area (Å²) in [6.45, 7) is 34.8. The van der Waals surface area contributed by atoms with Crippen molar-refractivity contribution >= 4 is 22.4 Å². The number of ketones is 1. The maximum Gasteiger partial charge on any atom is 0.192 e. The molecule has 10 bridgehead atoms. The topological polar surface area (TPSA) is 119 Å². The van der Waals surface area contributed by atoms with Crippen LogP contribution < -0.4 is 0 Å². The molecular weight excluding hydrogens is 885 g/mol. The number of hydrogen-bond acceptors (Lipinski definition) is 12. The lowest BCUT2D eigenvalue weighted by atomic mass is 9.81. The van der Waals surface area contributed by atoms with Crippen molar-refractivity contribution < 1.29 is 56.3 Å². The Bertz CT molecular complexity index is 1760. The van der Waals surface area contributed by atoms with Crippen LogP contribution in [0.15, 0.2) is 24.3 Å². The molecule has 8 aliphatic heterocycles. The molecule has 0 spiro atoms. The van der Waals surface area contributed by atoms with Crippen LogP contribution in [0.5, 0.6) is 0 Å². The minimum Gasteiger partial charge on any atom is -0.414 e. The van der Waals surface area contributed by atoms with E-state index in [0.29, 0.717) is 45.1 Å². The third-order valence-corrected chi connectivity index (χ3v) is 27.4. The number of carbonyl (C=O) groups is 1. The lowest BCUT2D eigenvalue weighted by Gasteiger charge is -2.49. The van der Waals surface area contributed by atoms with Crippen LogP contribution in [0.1, 0.15) is 138 Å². The third kappa shape index (κ3) is 11.4. The van der Waals surface area contributed by atoms with E-state index in [-0.39, 0.29) is 119 Å². The van der Waals surface area contributed by atoms with E-state index in [1.807, 2.05) is 0 Å². The second-order valence-corrected chi connectivity index (χ2v) is 34.7. The number of methoxy groups -OCH3 is 2. The number of fused-ring (bicyclic) bond motifs is 8. The normalized spacial score (nSPS) is 42.9. The van der Waals surface area contributed by atoms with Gasteiger partial charge in [0.2, 0.25) is 0 Å². The van der Waals surface area contributed by atoms with Crippen molar-refractivity contribution in [3.63, 3.8) is 0 Å². The highest BCUT2D eigenvalue weighted by Gasteiger charge is 2.60. The molecule has 0 amide bonds. The van der Waals surface area contributed by atoms with Crippen LogP contribution in [-0.2, 0) is 56.3 Å². The first-order valence-electron chi connectivity index (χ1n) is 26.3. The molecule has 18 atom stereocenters. The maximum absolute atomic E-state index is 14.7. The monoisotopic (exact) mass is 975 g/mol. The summed E-state index contributed by atoms with van der Waals surface area (Å²) in [6.07, 6.45) is 6.85. The quantitative estimate of drug-likeness (QED) is 0.162. The van der Waals surface area contributed by atoms with Crippen molar-refractivity contribution in [2.24, 2.45) is 11.8 Å². The Morgan fingerprint density at radius 3 is 2.07 bits per heavy atom. The van der Waals surface area contributed by atoms with Crippen molar-refractivity contribution in [3.8, 4) is 0 Å². The van der Waals surface area contributed by atoms with Crippen LogP contribution in [-0.4, -0.2) is 141 Å². The van der Waals surface area contributed by atoms with E-state index in [0.717, 1.165) is 62.5 Å². The Balaban J connectivity index is 1.08. The lowest BCUT2D eigenvalue weighted by Crippen LogP contribution is -2.62. The Morgan fingerprint density at radius 1 is 0.701 bits per heavy atom. The van der Waals surface area contributed by atoms with E-state index >= 15 is 0 Å². The van der Waals surface area contributed by atoms with Gasteiger partial charge in [0.05, 0.1) is 79.9 Å². The number of carbonyl (C=O) groups excluding carboxylic acids is 1. The molecule has 0 aromatic rings. The molecule has 14 heteroatoms. The first-order chi connectivity index (χ1) is 31.4. The summed E-state index contributed by atoms with van der Waals surface area (Å²) in [7, 11) is -0.806. The molecule has 0 aromatic heterocycles. The molecule has 382 valence electrons. The SMILES string of the molecule is C=C1CC2CC[C@@]3(OC)C[C@@H]4CC5OC6CCC(CC(=O)CC7[C@@H](OC)C(CC(CO[Si](C)(C)C(C)(C)C)O[Si](C)(C)C(C)(C)C)O[C@H]7CC7O[C@@H](CCC1O2)C[C@@H](C)C7=C)O[C@@H]6C(O3)C5O4. The highest BCUT2D eigenvalue weighted by molar-refractivity contribution is 6.74. The van der Waals surface area contributed by atoms with Gasteiger partial charge >= 0.3 is 0 Å². The second-order valence-electron chi connectivity index (χ2n) is 25.1. The largest absolute Gasteiger partial charge is 0.414 e. The Labute approximate surface area is 406 Å². The molecule has 8 heterocycles. The number of hydrogen-bond donors (Lipinski definition) is 0. The fourth-order valence-corrected chi connectivity index (χ4v) is 14.6. The summed E-state index contributed by atoms with van der Waals surface area (Å²) < 4.78 is 75.6. The molecule has 8 saturated heterocycles. The summed E-state index contributed by atoms with van der Waals surface area (Å²) >= 11 is 0. The minimum atomic E-state index is -2.23. The number of Topliss-reactive ketones (excluding diaryl/α,β-unsaturated/α-hetero) is 1. The maximum atomic E-state index is 14.7. The summed E-state index contributed by atoms with van der Waals surface area (Å²) in [4.78, 5) is 14.7. The van der Waals surface area contributed by atoms with Gasteiger partial charge in [0.1, 0.15) is 24.1 Å². The van der Waals surface area contributed by atoms with Gasteiger partial charge in [-0.25, -0.2) is 0 Å². The van der Waals surface area contributed by atoms with Gasteiger partial charge in [-0.2, -0.15) is 0 Å². The smallest absolute Gasteiger partial charge is 0.192 e. The zero-order valence-electron chi connectivity index (χ0n) is 43.7. The molecule has 0 aliphatic carbocycles. The Hall–Kier alpha value is -0.856. The average Bonchev–Trinajstić information content (AvgIpc) is 3.87. The summed E-state index contributed by atoms with van der Waals surface area (Å²) in [5, 5.41) is 0.0585. The standard InChI is InChI=1S/C53H90O12Si2/c1-31-22-35-16-18-41-32(2)23-37(58-41)20-21-53(56-11)29-38-26-46-49(61-38)50(64-53)48-42(62-46)19-17-36(60-48)24-34(54)25-40-44(28-43(59-35)33(31)3)63-45(47(40)55-10)27-39(65-67(14,15)52(7,8)9)30-57-66(12,13)51(4,5)6/h31,35-50H,2-3,16-30H2,1,4-15H3/t31-,35+,36?,37?,38+,39?,40?,41?,42?,43?,44+,45?,46?,47-,48+,49?,50?,53+/m1/s1. The molecular formula is C53H90O12Si2. The van der Waals surface area contributed by atoms with E-state index in [2.05, 4.69) is 87.8 Å². The summed E-state index contributed by atoms with van der Waals surface area (Å²) in [5.74, 6) is -0.631. The highest BCUT2D eigenvalue weighted by atomic mass is 28.4. The van der Waals surface area contributed by atoms with Gasteiger partial charge in [0.25, 0.3) is 0 Å². The van der Waals surface area contributed by atoms with Gasteiger partial charge in [-0.1, -0.05) is 61.6 Å². The predicted octanol–water partition coefficient (Wildman–Crippen LogP) is 10.2. The van der Waals surface area contributed by atoms with E-state index in [9.17, 15) is 4.79 Å². The van der Waals surface area contributed by atoms with Crippen molar-refractivity contribution in [3.05, 3.63) is 24.3 Å². The molecule has 12 nitrogen and oxygen atoms in total. The van der Waals surface area contributed by atoms with E-state index < -0.39 is 22.4 Å². The van der Waals surface area contributed by atoms with Crippen molar-refractivity contribution in [1.29, 1.82) is 0 Å². The molecule has 0 aromatic carbocycles. The van der Waals surface area contributed by atoms with Gasteiger partial charge in [0.15, 0.2) is 22.4 Å². The molecule has 8 fully saturated rings. The first kappa shape index (κ1) is 52.5. The zero-order chi connectivity index (χ0) is 48.4. The fraction of sp³-hybridized carbons (Fsp3) is 0.906. The molecule has 67 heavy (non-hydrogen) atoms. The second kappa shape index (κ2) is 20.2. The highest BCUT2D eigenvalue weighted by Crippen LogP contribution is 2.49. The van der Waals surface area contributed by atoms with E-state index in [1.54, 1.807) is 14.2 Å². The molecule has 0 radical (unpaired) electrons. The lowest BCUT2D eigenvalue weighted by molar-refractivity contribution is -0.321. The zero-order valence-corrected chi connectivity index (χ0v) is 45.7. The van der Waals surface area contributed by atoms with Crippen LogP contribution in [0.4, 0.5) is 0 Å². The van der Waals surface area contributed by atoms with Crippen molar-refractivity contribution in [1.82, 2.24) is 0 Å². The van der Waals surface area contributed by atoms with Crippen LogP contribution >= 0.6 is 0 Å². The van der Waals surface area contributed by atoms with E-state index in [1.165, 1.54) is 0 Å². The number of ether oxygens (including phenoxy) is 9. The average molecular weight is 975 g/mol. The van der Waals surface area contributed by atoms with Gasteiger partial charge in [-0.15, -0.1) is 0 Å². The summed E-state index contributed by atoms with van der Waals surface area (Å²) in [6, 6.07) is 0. The molecule has 0 N–H and O–H groups in total. The summed E-state index contributed by atoms with van der Waals surface area (Å²) in [5.41, 5.74) is 2.24. The van der Waals surface area contributed by atoms with Crippen LogP contribution in [0.3, 0.4) is 0 Å². The van der Waals surface area contributed by atoms with Crippen LogP contribution in [0, 0.1) is 11.8 Å². The first-order valence-corrected chi connectivity index (χ1v) is 32.1. The fourth-order valence-electron chi connectivity index (χ4n) is 12.2. The van der Waals surface area contributed by atoms with Gasteiger partial charge in [-0.05, 0) is 98.3 Å². The van der Waals surface area contributed by atoms with Crippen LogP contribution in [0.25, 0.3) is 0 Å². The van der Waals surface area contributed by atoms with E-state index in [4.69, 9.17) is 51.5 Å². The predicted molar refractivity (Wildman–Crippen MR) is 263 cm³/mol. The van der Waals surface area contributed by atoms with Crippen molar-refractivity contribution in [2.75, 3.05) is 20.8 Å². The molecule has 0 saturated carbocycles. The van der Waals surface area contributed by atoms with Crippen molar-refractivity contribution in [2.45, 2.75) is 272 Å². The van der Waals surface area contributed by atoms with Crippen LogP contribution in [0.2, 0.25) is 36.3 Å². The third-order valence-electron chi connectivity index (χ3n) is 18.3. The minimum absolute atomic E-state index is 0.00625. The van der Waals surface area contributed by atoms with Gasteiger partial charge < -0.3 is 51.5 Å². The number of rotatable bonds is 9. The van der Waals surface area contributed by atoms with Gasteiger partial charge in [-0.3, -0.25) is 4.79 Å². The molecule has 8 rings (SSSR count). The molecule has 8 aliphatic rings. The van der Waals surface area contributed by atoms with Gasteiger partial charge in [0, 0.05) is 65.1 Å². The Morgan fingerprint density at radius 2 is 1.37 bits per heavy atom.